The second-order valence-electron chi connectivity index (χ2n) is 7.05. The average molecular weight is 450 g/mol. The number of thioether (sulfide) groups is 1. The number of carbonyl (C=O) groups is 3. The number of nitrogens with zero attached hydrogens (tertiary/aromatic N) is 1. The lowest BCUT2D eigenvalue weighted by molar-refractivity contribution is -0.127. The summed E-state index contributed by atoms with van der Waals surface area (Å²) in [7, 11) is 1.56. The number of hydrogen-bond donors (Lipinski definition) is 1. The number of hydrogen-bond acceptors (Lipinski definition) is 7. The van der Waals surface area contributed by atoms with Crippen LogP contribution in [-0.4, -0.2) is 35.6 Å². The maximum absolute atomic E-state index is 12.6. The SMILES string of the molecule is COc1ccc(/C=C2\SC(=O)N(CC(=O)Nc3ccc4c(C)cc(=O)oc4c3)C2=O)cc1. The Labute approximate surface area is 186 Å². The molecule has 0 aliphatic carbocycles. The minimum absolute atomic E-state index is 0.232. The fraction of sp³-hybridized carbons (Fsp3) is 0.130. The highest BCUT2D eigenvalue weighted by atomic mass is 32.2. The molecule has 2 aromatic carbocycles. The highest BCUT2D eigenvalue weighted by Gasteiger charge is 2.36. The summed E-state index contributed by atoms with van der Waals surface area (Å²) < 4.78 is 10.3. The van der Waals surface area contributed by atoms with Gasteiger partial charge in [-0.3, -0.25) is 19.3 Å². The molecule has 3 aromatic rings. The molecule has 3 amide bonds. The zero-order valence-corrected chi connectivity index (χ0v) is 18.0. The van der Waals surface area contributed by atoms with Crippen molar-refractivity contribution >= 4 is 51.5 Å². The molecular weight excluding hydrogens is 432 g/mol. The predicted molar refractivity (Wildman–Crippen MR) is 122 cm³/mol. The van der Waals surface area contributed by atoms with Gasteiger partial charge in [0.2, 0.25) is 5.91 Å². The molecule has 9 heteroatoms. The summed E-state index contributed by atoms with van der Waals surface area (Å²) in [5.74, 6) is -0.409. The van der Waals surface area contributed by atoms with Gasteiger partial charge in [-0.25, -0.2) is 4.79 Å². The van der Waals surface area contributed by atoms with Gasteiger partial charge in [0, 0.05) is 23.2 Å². The van der Waals surface area contributed by atoms with Gasteiger partial charge < -0.3 is 14.5 Å². The first-order chi connectivity index (χ1) is 15.3. The van der Waals surface area contributed by atoms with E-state index in [1.807, 2.05) is 0 Å². The van der Waals surface area contributed by atoms with Crippen molar-refractivity contribution in [2.45, 2.75) is 6.92 Å². The number of nitrogens with one attached hydrogen (secondary N) is 1. The molecule has 4 rings (SSSR count). The lowest BCUT2D eigenvalue weighted by atomic mass is 10.1. The Morgan fingerprint density at radius 2 is 1.88 bits per heavy atom. The second-order valence-corrected chi connectivity index (χ2v) is 8.04. The Morgan fingerprint density at radius 3 is 2.59 bits per heavy atom. The zero-order valence-electron chi connectivity index (χ0n) is 17.2. The first-order valence-corrected chi connectivity index (χ1v) is 10.4. The Kier molecular flexibility index (Phi) is 5.83. The predicted octanol–water partition coefficient (Wildman–Crippen LogP) is 3.79. The molecule has 0 saturated carbocycles. The van der Waals surface area contributed by atoms with Crippen LogP contribution in [0.3, 0.4) is 0 Å². The van der Waals surface area contributed by atoms with Crippen molar-refractivity contribution < 1.29 is 23.5 Å². The molecule has 0 unspecified atom stereocenters. The molecule has 32 heavy (non-hydrogen) atoms. The number of aryl methyl sites for hydroxylation is 1. The van der Waals surface area contributed by atoms with Gasteiger partial charge in [-0.05, 0) is 60.2 Å². The highest BCUT2D eigenvalue weighted by molar-refractivity contribution is 8.18. The number of ether oxygens (including phenoxy) is 1. The van der Waals surface area contributed by atoms with E-state index >= 15 is 0 Å². The molecule has 1 saturated heterocycles. The fourth-order valence-corrected chi connectivity index (χ4v) is 4.07. The number of methoxy groups -OCH3 is 1. The number of benzene rings is 2. The molecule has 1 aliphatic rings. The number of carbonyl (C=O) groups excluding carboxylic acids is 3. The van der Waals surface area contributed by atoms with E-state index < -0.39 is 29.2 Å². The lowest BCUT2D eigenvalue weighted by Gasteiger charge is -2.12. The van der Waals surface area contributed by atoms with E-state index in [-0.39, 0.29) is 4.91 Å². The molecule has 1 fully saturated rings. The van der Waals surface area contributed by atoms with Gasteiger partial charge in [0.05, 0.1) is 12.0 Å². The van der Waals surface area contributed by atoms with E-state index in [0.717, 1.165) is 33.2 Å². The molecule has 8 nitrogen and oxygen atoms in total. The van der Waals surface area contributed by atoms with Crippen LogP contribution in [0.25, 0.3) is 17.0 Å². The van der Waals surface area contributed by atoms with E-state index in [0.29, 0.717) is 17.0 Å². The van der Waals surface area contributed by atoms with Crippen LogP contribution in [0.1, 0.15) is 11.1 Å². The summed E-state index contributed by atoms with van der Waals surface area (Å²) in [6.07, 6.45) is 1.59. The van der Waals surface area contributed by atoms with E-state index in [1.54, 1.807) is 56.5 Å². The minimum atomic E-state index is -0.549. The summed E-state index contributed by atoms with van der Waals surface area (Å²) in [6, 6.07) is 13.3. The van der Waals surface area contributed by atoms with Crippen molar-refractivity contribution in [1.29, 1.82) is 0 Å². The van der Waals surface area contributed by atoms with Gasteiger partial charge in [-0.15, -0.1) is 0 Å². The third kappa shape index (κ3) is 4.42. The fourth-order valence-electron chi connectivity index (χ4n) is 3.23. The Bertz CT molecular complexity index is 1330. The minimum Gasteiger partial charge on any atom is -0.497 e. The van der Waals surface area contributed by atoms with Gasteiger partial charge in [0.15, 0.2) is 0 Å². The quantitative estimate of drug-likeness (QED) is 0.466. The Hall–Kier alpha value is -3.85. The third-order valence-corrected chi connectivity index (χ3v) is 5.73. The third-order valence-electron chi connectivity index (χ3n) is 4.82. The summed E-state index contributed by atoms with van der Waals surface area (Å²) in [5, 5.41) is 2.85. The molecule has 1 aliphatic heterocycles. The zero-order chi connectivity index (χ0) is 22.8. The standard InChI is InChI=1S/C23H18N2O6S/c1-13-9-21(27)31-18-11-15(5-8-17(13)18)24-20(26)12-25-22(28)19(32-23(25)29)10-14-3-6-16(30-2)7-4-14/h3-11H,12H2,1-2H3,(H,24,26)/b19-10-. The van der Waals surface area contributed by atoms with Crippen LogP contribution >= 0.6 is 11.8 Å². The maximum atomic E-state index is 12.6. The summed E-state index contributed by atoms with van der Waals surface area (Å²) >= 11 is 0.777. The summed E-state index contributed by atoms with van der Waals surface area (Å²) in [5.41, 5.74) is 1.72. The largest absolute Gasteiger partial charge is 0.497 e. The van der Waals surface area contributed by atoms with E-state index in [2.05, 4.69) is 5.32 Å². The molecule has 1 N–H and O–H groups in total. The van der Waals surface area contributed by atoms with Crippen LogP contribution in [-0.2, 0) is 9.59 Å². The normalized spacial score (nSPS) is 14.9. The van der Waals surface area contributed by atoms with Crippen LogP contribution in [0, 0.1) is 6.92 Å². The van der Waals surface area contributed by atoms with Crippen molar-refractivity contribution in [3.05, 3.63) is 75.0 Å². The van der Waals surface area contributed by atoms with Gasteiger partial charge in [0.25, 0.3) is 11.1 Å². The summed E-state index contributed by atoms with van der Waals surface area (Å²) in [4.78, 5) is 50.1. The molecule has 2 heterocycles. The molecule has 0 spiro atoms. The second kappa shape index (κ2) is 8.72. The van der Waals surface area contributed by atoms with Gasteiger partial charge in [-0.1, -0.05) is 12.1 Å². The molecule has 1 aromatic heterocycles. The monoisotopic (exact) mass is 450 g/mol. The van der Waals surface area contributed by atoms with Crippen molar-refractivity contribution in [1.82, 2.24) is 4.90 Å². The maximum Gasteiger partial charge on any atom is 0.336 e. The highest BCUT2D eigenvalue weighted by Crippen LogP contribution is 2.32. The first-order valence-electron chi connectivity index (χ1n) is 9.58. The van der Waals surface area contributed by atoms with E-state index in [9.17, 15) is 19.2 Å². The molecule has 0 bridgehead atoms. The smallest absolute Gasteiger partial charge is 0.336 e. The van der Waals surface area contributed by atoms with Crippen LogP contribution in [0.15, 0.2) is 62.6 Å². The van der Waals surface area contributed by atoms with Crippen LogP contribution in [0.4, 0.5) is 10.5 Å². The number of amides is 3. The van der Waals surface area contributed by atoms with E-state index in [4.69, 9.17) is 9.15 Å². The summed E-state index contributed by atoms with van der Waals surface area (Å²) in [6.45, 7) is 1.36. The van der Waals surface area contributed by atoms with Crippen LogP contribution in [0.2, 0.25) is 0 Å². The molecule has 0 atom stereocenters. The van der Waals surface area contributed by atoms with Gasteiger partial charge >= 0.3 is 5.63 Å². The van der Waals surface area contributed by atoms with Gasteiger partial charge in [0.1, 0.15) is 17.9 Å². The first kappa shape index (κ1) is 21.4. The van der Waals surface area contributed by atoms with Crippen molar-refractivity contribution in [3.8, 4) is 5.75 Å². The van der Waals surface area contributed by atoms with Crippen molar-refractivity contribution in [2.75, 3.05) is 19.0 Å². The Balaban J connectivity index is 1.46. The van der Waals surface area contributed by atoms with Crippen LogP contribution < -0.4 is 15.7 Å². The Morgan fingerprint density at radius 1 is 1.12 bits per heavy atom. The van der Waals surface area contributed by atoms with Gasteiger partial charge in [-0.2, -0.15) is 0 Å². The van der Waals surface area contributed by atoms with Crippen molar-refractivity contribution in [3.63, 3.8) is 0 Å². The number of rotatable bonds is 5. The average Bonchev–Trinajstić information content (AvgIpc) is 3.01. The number of fused-ring (bicyclic) bond motifs is 1. The molecule has 0 radical (unpaired) electrons. The van der Waals surface area contributed by atoms with E-state index in [1.165, 1.54) is 12.1 Å². The molecular formula is C23H18N2O6S. The lowest BCUT2D eigenvalue weighted by Crippen LogP contribution is -2.36. The number of anilines is 1. The van der Waals surface area contributed by atoms with Crippen molar-refractivity contribution in [2.24, 2.45) is 0 Å². The molecule has 162 valence electrons. The number of imide groups is 1. The van der Waals surface area contributed by atoms with Crippen LogP contribution in [0.5, 0.6) is 5.75 Å². The topological polar surface area (TPSA) is 106 Å².